The van der Waals surface area contributed by atoms with Gasteiger partial charge in [0.25, 0.3) is 5.56 Å². The lowest BCUT2D eigenvalue weighted by atomic mass is 9.97. The highest BCUT2D eigenvalue weighted by molar-refractivity contribution is 5.77. The van der Waals surface area contributed by atoms with Crippen LogP contribution in [0.1, 0.15) is 56.2 Å². The highest BCUT2D eigenvalue weighted by Crippen LogP contribution is 2.17. The van der Waals surface area contributed by atoms with Gasteiger partial charge in [-0.15, -0.1) is 0 Å². The van der Waals surface area contributed by atoms with E-state index in [0.717, 1.165) is 49.3 Å². The van der Waals surface area contributed by atoms with E-state index in [1.165, 1.54) is 23.5 Å². The van der Waals surface area contributed by atoms with Crippen molar-refractivity contribution < 1.29 is 9.13 Å². The van der Waals surface area contributed by atoms with E-state index >= 15 is 0 Å². The number of ether oxygens (including phenoxy) is 1. The molecule has 1 saturated heterocycles. The number of halogens is 1. The molecule has 2 heterocycles. The summed E-state index contributed by atoms with van der Waals surface area (Å²) in [5.41, 5.74) is 2.91. The lowest BCUT2D eigenvalue weighted by Crippen LogP contribution is -2.34. The van der Waals surface area contributed by atoms with Crippen molar-refractivity contribution in [3.63, 3.8) is 0 Å². The number of benzene rings is 1. The number of nitrogens with zero attached hydrogens (tertiary/aromatic N) is 3. The molecule has 1 aromatic heterocycles. The summed E-state index contributed by atoms with van der Waals surface area (Å²) in [6.07, 6.45) is 11.8. The molecule has 3 rings (SSSR count). The van der Waals surface area contributed by atoms with Crippen molar-refractivity contribution in [3.8, 4) is 0 Å². The lowest BCUT2D eigenvalue weighted by Gasteiger charge is -2.29. The quantitative estimate of drug-likeness (QED) is 0.315. The molecule has 6 nitrogen and oxygen atoms in total. The molecule has 0 saturated carbocycles. The SMILES string of the molecule is CC/C=C(\OC)c1cc(F)c(=O)n(Cc2cccc(C/N=C\C(=C/CC)NCC3CCN(C)CC3)c2)c1. The normalized spacial score (nSPS) is 15.9. The zero-order chi connectivity index (χ0) is 26.6. The molecule has 200 valence electrons. The van der Waals surface area contributed by atoms with E-state index in [2.05, 4.69) is 35.3 Å². The molecule has 1 fully saturated rings. The maximum atomic E-state index is 14.4. The number of aliphatic imine (C=N–C) groups is 1. The standard InChI is InChI=1S/C30H41FN4O2/c1-5-8-27(33-19-23-12-14-34(3)15-13-23)20-32-18-24-10-7-11-25(16-24)21-35-22-26(17-28(31)30(35)36)29(37-4)9-6-2/h7-11,16-17,20,22-23,33H,5-6,12-15,18-19,21H2,1-4H3/b27-8+,29-9-,32-20-. The Labute approximate surface area is 220 Å². The Hall–Kier alpha value is -3.19. The molecule has 1 aliphatic heterocycles. The molecule has 0 aliphatic carbocycles. The molecular weight excluding hydrogens is 467 g/mol. The van der Waals surface area contributed by atoms with Crippen LogP contribution >= 0.6 is 0 Å². The lowest BCUT2D eigenvalue weighted by molar-refractivity contribution is 0.219. The van der Waals surface area contributed by atoms with Gasteiger partial charge in [0.15, 0.2) is 5.82 Å². The van der Waals surface area contributed by atoms with Crippen molar-refractivity contribution >= 4 is 12.0 Å². The summed E-state index contributed by atoms with van der Waals surface area (Å²) in [6, 6.07) is 9.15. The fourth-order valence-corrected chi connectivity index (χ4v) is 4.55. The molecule has 0 amide bonds. The molecule has 0 unspecified atom stereocenters. The van der Waals surface area contributed by atoms with Crippen LogP contribution in [0.2, 0.25) is 0 Å². The minimum atomic E-state index is -0.791. The first-order chi connectivity index (χ1) is 17.9. The Balaban J connectivity index is 1.65. The van der Waals surface area contributed by atoms with E-state index < -0.39 is 11.4 Å². The number of likely N-dealkylation sites (tertiary alicyclic amines) is 1. The number of aromatic nitrogens is 1. The smallest absolute Gasteiger partial charge is 0.286 e. The third-order valence-corrected chi connectivity index (χ3v) is 6.64. The van der Waals surface area contributed by atoms with E-state index in [4.69, 9.17) is 4.74 Å². The summed E-state index contributed by atoms with van der Waals surface area (Å²) >= 11 is 0. The van der Waals surface area contributed by atoms with E-state index in [1.807, 2.05) is 43.5 Å². The fraction of sp³-hybridized carbons (Fsp3) is 0.467. The summed E-state index contributed by atoms with van der Waals surface area (Å²) in [6.45, 7) is 8.20. The highest BCUT2D eigenvalue weighted by Gasteiger charge is 2.16. The summed E-state index contributed by atoms with van der Waals surface area (Å²) in [5.74, 6) is 0.463. The second kappa shape index (κ2) is 14.5. The van der Waals surface area contributed by atoms with Crippen LogP contribution in [0.5, 0.6) is 0 Å². The van der Waals surface area contributed by atoms with Crippen LogP contribution in [0.15, 0.2) is 64.2 Å². The van der Waals surface area contributed by atoms with Crippen LogP contribution in [-0.4, -0.2) is 49.5 Å². The van der Waals surface area contributed by atoms with Gasteiger partial charge < -0.3 is 19.5 Å². The average Bonchev–Trinajstić information content (AvgIpc) is 2.89. The van der Waals surface area contributed by atoms with Crippen LogP contribution in [0.3, 0.4) is 0 Å². The van der Waals surface area contributed by atoms with Gasteiger partial charge in [0, 0.05) is 30.2 Å². The van der Waals surface area contributed by atoms with Gasteiger partial charge in [-0.1, -0.05) is 44.2 Å². The van der Waals surface area contributed by atoms with Gasteiger partial charge in [-0.05, 0) is 75.0 Å². The van der Waals surface area contributed by atoms with Gasteiger partial charge in [-0.3, -0.25) is 9.79 Å². The number of methoxy groups -OCH3 is 1. The summed E-state index contributed by atoms with van der Waals surface area (Å²) < 4.78 is 21.2. The zero-order valence-electron chi connectivity index (χ0n) is 22.7. The molecule has 1 N–H and O–H groups in total. The Morgan fingerprint density at radius 1 is 1.16 bits per heavy atom. The average molecular weight is 509 g/mol. The minimum absolute atomic E-state index is 0.267. The number of allylic oxidation sites excluding steroid dienone is 3. The summed E-state index contributed by atoms with van der Waals surface area (Å²) in [7, 11) is 3.73. The molecule has 7 heteroatoms. The maximum Gasteiger partial charge on any atom is 0.286 e. The molecule has 2 aromatic rings. The molecular formula is C30H41FN4O2. The van der Waals surface area contributed by atoms with Crippen LogP contribution in [-0.2, 0) is 17.8 Å². The first-order valence-corrected chi connectivity index (χ1v) is 13.3. The first-order valence-electron chi connectivity index (χ1n) is 13.3. The second-order valence-corrected chi connectivity index (χ2v) is 9.68. The number of rotatable bonds is 12. The number of piperidine rings is 1. The molecule has 37 heavy (non-hydrogen) atoms. The van der Waals surface area contributed by atoms with Crippen molar-refractivity contribution in [2.75, 3.05) is 33.8 Å². The van der Waals surface area contributed by atoms with E-state index in [1.54, 1.807) is 13.3 Å². The predicted molar refractivity (Wildman–Crippen MR) is 150 cm³/mol. The first kappa shape index (κ1) is 28.4. The van der Waals surface area contributed by atoms with E-state index in [-0.39, 0.29) is 6.54 Å². The molecule has 0 spiro atoms. The Morgan fingerprint density at radius 2 is 1.89 bits per heavy atom. The highest BCUT2D eigenvalue weighted by atomic mass is 19.1. The summed E-state index contributed by atoms with van der Waals surface area (Å²) in [4.78, 5) is 19.5. The zero-order valence-corrected chi connectivity index (χ0v) is 22.7. The summed E-state index contributed by atoms with van der Waals surface area (Å²) in [5, 5.41) is 3.58. The fourth-order valence-electron chi connectivity index (χ4n) is 4.55. The van der Waals surface area contributed by atoms with Crippen LogP contribution < -0.4 is 10.9 Å². The minimum Gasteiger partial charge on any atom is -0.496 e. The molecule has 0 radical (unpaired) electrons. The number of hydrogen-bond acceptors (Lipinski definition) is 5. The van der Waals surface area contributed by atoms with Gasteiger partial charge in [0.05, 0.1) is 20.2 Å². The molecule has 1 aliphatic rings. The maximum absolute atomic E-state index is 14.4. The van der Waals surface area contributed by atoms with Crippen molar-refractivity contribution in [1.82, 2.24) is 14.8 Å². The van der Waals surface area contributed by atoms with E-state index in [9.17, 15) is 9.18 Å². The van der Waals surface area contributed by atoms with Gasteiger partial charge in [-0.25, -0.2) is 4.39 Å². The van der Waals surface area contributed by atoms with Gasteiger partial charge in [0.1, 0.15) is 5.76 Å². The van der Waals surface area contributed by atoms with Crippen LogP contribution in [0.4, 0.5) is 4.39 Å². The number of hydrogen-bond donors (Lipinski definition) is 1. The number of pyridine rings is 1. The van der Waals surface area contributed by atoms with Gasteiger partial charge in [-0.2, -0.15) is 0 Å². The predicted octanol–water partition coefficient (Wildman–Crippen LogP) is 5.23. The van der Waals surface area contributed by atoms with Crippen LogP contribution in [0, 0.1) is 11.7 Å². The largest absolute Gasteiger partial charge is 0.496 e. The van der Waals surface area contributed by atoms with Crippen LogP contribution in [0.25, 0.3) is 5.76 Å². The Morgan fingerprint density at radius 3 is 2.59 bits per heavy atom. The molecule has 0 bridgehead atoms. The van der Waals surface area contributed by atoms with Crippen molar-refractivity contribution in [1.29, 1.82) is 0 Å². The van der Waals surface area contributed by atoms with Gasteiger partial charge >= 0.3 is 0 Å². The Kier molecular flexibility index (Phi) is 11.1. The molecule has 0 atom stereocenters. The monoisotopic (exact) mass is 508 g/mol. The number of nitrogens with one attached hydrogen (secondary N) is 1. The third-order valence-electron chi connectivity index (χ3n) is 6.64. The second-order valence-electron chi connectivity index (χ2n) is 9.68. The Bertz CT molecular complexity index is 1160. The third kappa shape index (κ3) is 8.71. The van der Waals surface area contributed by atoms with Crippen molar-refractivity contribution in [3.05, 3.63) is 87.2 Å². The molecule has 1 aromatic carbocycles. The van der Waals surface area contributed by atoms with E-state index in [0.29, 0.717) is 23.8 Å². The van der Waals surface area contributed by atoms with Crippen molar-refractivity contribution in [2.24, 2.45) is 10.9 Å². The topological polar surface area (TPSA) is 58.9 Å². The van der Waals surface area contributed by atoms with Crippen molar-refractivity contribution in [2.45, 2.75) is 52.6 Å². The van der Waals surface area contributed by atoms with Gasteiger partial charge in [0.2, 0.25) is 0 Å².